The number of nitrogens with one attached hydrogen (secondary N) is 1. The number of carboxylic acid groups (broad SMARTS) is 1. The van der Waals surface area contributed by atoms with E-state index >= 15 is 0 Å². The third kappa shape index (κ3) is 4.01. The van der Waals surface area contributed by atoms with Crippen molar-refractivity contribution in [2.45, 2.75) is 19.4 Å². The quantitative estimate of drug-likeness (QED) is 0.886. The highest BCUT2D eigenvalue weighted by Gasteiger charge is 2.14. The molecule has 0 saturated heterocycles. The summed E-state index contributed by atoms with van der Waals surface area (Å²) in [6.45, 7) is 1.44. The molecule has 1 unspecified atom stereocenters. The van der Waals surface area contributed by atoms with Crippen molar-refractivity contribution >= 4 is 39.1 Å². The summed E-state index contributed by atoms with van der Waals surface area (Å²) < 4.78 is 0.932. The van der Waals surface area contributed by atoms with Crippen LogP contribution in [-0.2, 0) is 16.0 Å². The van der Waals surface area contributed by atoms with E-state index in [1.165, 1.54) is 18.3 Å². The summed E-state index contributed by atoms with van der Waals surface area (Å²) in [6.07, 6.45) is 0.216. The van der Waals surface area contributed by atoms with Crippen LogP contribution in [0.4, 0.5) is 0 Å². The second-order valence-corrected chi connectivity index (χ2v) is 4.95. The first-order chi connectivity index (χ1) is 6.99. The van der Waals surface area contributed by atoms with Crippen LogP contribution >= 0.6 is 27.3 Å². The molecule has 1 aromatic rings. The lowest BCUT2D eigenvalue weighted by Crippen LogP contribution is -2.39. The number of carbonyl (C=O) groups excluding carboxylic acids is 1. The number of halogens is 1. The highest BCUT2D eigenvalue weighted by Crippen LogP contribution is 2.19. The van der Waals surface area contributed by atoms with Crippen molar-refractivity contribution in [1.29, 1.82) is 0 Å². The van der Waals surface area contributed by atoms with Gasteiger partial charge in [0.05, 0.1) is 6.42 Å². The van der Waals surface area contributed by atoms with Crippen molar-refractivity contribution in [3.63, 3.8) is 0 Å². The van der Waals surface area contributed by atoms with Gasteiger partial charge in [-0.1, -0.05) is 0 Å². The van der Waals surface area contributed by atoms with Crippen LogP contribution in [0.1, 0.15) is 11.8 Å². The highest BCUT2D eigenvalue weighted by molar-refractivity contribution is 9.10. The molecule has 0 spiro atoms. The Bertz CT molecular complexity index is 377. The van der Waals surface area contributed by atoms with E-state index < -0.39 is 12.0 Å². The second-order valence-electron chi connectivity index (χ2n) is 3.04. The zero-order valence-electron chi connectivity index (χ0n) is 7.99. The predicted molar refractivity (Wildman–Crippen MR) is 61.0 cm³/mol. The molecule has 6 heteroatoms. The Balaban J connectivity index is 2.46. The van der Waals surface area contributed by atoms with Crippen LogP contribution in [0.3, 0.4) is 0 Å². The highest BCUT2D eigenvalue weighted by atomic mass is 79.9. The molecule has 15 heavy (non-hydrogen) atoms. The van der Waals surface area contributed by atoms with Crippen LogP contribution in [0.2, 0.25) is 0 Å². The standard InChI is InChI=1S/C9H10BrNO3S/c1-5(9(13)14)11-8(12)3-7-2-6(10)4-15-7/h2,4-5H,3H2,1H3,(H,11,12)(H,13,14). The number of carbonyl (C=O) groups is 2. The summed E-state index contributed by atoms with van der Waals surface area (Å²) in [5.41, 5.74) is 0. The molecule has 0 radical (unpaired) electrons. The molecule has 0 saturated carbocycles. The average molecular weight is 292 g/mol. The molecule has 0 fully saturated rings. The Hall–Kier alpha value is -0.880. The number of aliphatic carboxylic acids is 1. The first kappa shape index (κ1) is 12.2. The largest absolute Gasteiger partial charge is 0.480 e. The summed E-state index contributed by atoms with van der Waals surface area (Å²) in [4.78, 5) is 22.7. The molecule has 0 aliphatic rings. The number of amides is 1. The van der Waals surface area contributed by atoms with E-state index in [1.54, 1.807) is 0 Å². The monoisotopic (exact) mass is 291 g/mol. The first-order valence-electron chi connectivity index (χ1n) is 4.24. The number of carboxylic acids is 1. The van der Waals surface area contributed by atoms with Crippen LogP contribution in [-0.4, -0.2) is 23.0 Å². The van der Waals surface area contributed by atoms with Crippen LogP contribution in [0.25, 0.3) is 0 Å². The summed E-state index contributed by atoms with van der Waals surface area (Å²) in [6, 6.07) is 0.997. The maximum Gasteiger partial charge on any atom is 0.325 e. The molecule has 82 valence electrons. The minimum absolute atomic E-state index is 0.216. The lowest BCUT2D eigenvalue weighted by molar-refractivity contribution is -0.141. The molecule has 0 aliphatic heterocycles. The molecule has 1 heterocycles. The van der Waals surface area contributed by atoms with Crippen molar-refractivity contribution in [3.05, 3.63) is 20.8 Å². The molecular formula is C9H10BrNO3S. The van der Waals surface area contributed by atoms with Gasteiger partial charge in [0.1, 0.15) is 6.04 Å². The summed E-state index contributed by atoms with van der Waals surface area (Å²) in [7, 11) is 0. The maximum atomic E-state index is 11.4. The van der Waals surface area contributed by atoms with Gasteiger partial charge in [0, 0.05) is 14.7 Å². The van der Waals surface area contributed by atoms with E-state index in [9.17, 15) is 9.59 Å². The SMILES string of the molecule is CC(NC(=O)Cc1cc(Br)cs1)C(=O)O. The average Bonchev–Trinajstić information content (AvgIpc) is 2.50. The topological polar surface area (TPSA) is 66.4 Å². The van der Waals surface area contributed by atoms with Gasteiger partial charge in [-0.05, 0) is 28.9 Å². The molecule has 4 nitrogen and oxygen atoms in total. The Morgan fingerprint density at radius 1 is 1.67 bits per heavy atom. The number of hydrogen-bond acceptors (Lipinski definition) is 3. The van der Waals surface area contributed by atoms with E-state index in [2.05, 4.69) is 21.2 Å². The third-order valence-corrected chi connectivity index (χ3v) is 3.40. The van der Waals surface area contributed by atoms with Crippen LogP contribution < -0.4 is 5.32 Å². The number of thiophene rings is 1. The fourth-order valence-corrected chi connectivity index (χ4v) is 2.41. The first-order valence-corrected chi connectivity index (χ1v) is 5.91. The minimum Gasteiger partial charge on any atom is -0.480 e. The van der Waals surface area contributed by atoms with E-state index in [1.807, 2.05) is 11.4 Å². The predicted octanol–water partition coefficient (Wildman–Crippen LogP) is 1.64. The Morgan fingerprint density at radius 3 is 2.80 bits per heavy atom. The molecule has 0 bridgehead atoms. The van der Waals surface area contributed by atoms with Gasteiger partial charge in [0.15, 0.2) is 0 Å². The van der Waals surface area contributed by atoms with Gasteiger partial charge in [0.25, 0.3) is 0 Å². The molecule has 1 rings (SSSR count). The van der Waals surface area contributed by atoms with Gasteiger partial charge in [-0.2, -0.15) is 0 Å². The van der Waals surface area contributed by atoms with Crippen molar-refractivity contribution < 1.29 is 14.7 Å². The van der Waals surface area contributed by atoms with Gasteiger partial charge in [-0.25, -0.2) is 0 Å². The molecule has 1 atom stereocenters. The summed E-state index contributed by atoms with van der Waals surface area (Å²) in [5.74, 6) is -1.31. The van der Waals surface area contributed by atoms with Gasteiger partial charge >= 0.3 is 5.97 Å². The van der Waals surface area contributed by atoms with Gasteiger partial charge < -0.3 is 10.4 Å². The molecule has 0 aromatic carbocycles. The Labute approximate surface area is 99.4 Å². The van der Waals surface area contributed by atoms with Crippen LogP contribution in [0.15, 0.2) is 15.9 Å². The zero-order valence-corrected chi connectivity index (χ0v) is 10.4. The third-order valence-electron chi connectivity index (χ3n) is 1.70. The molecule has 0 aliphatic carbocycles. The van der Waals surface area contributed by atoms with E-state index in [-0.39, 0.29) is 12.3 Å². The normalized spacial score (nSPS) is 12.1. The Morgan fingerprint density at radius 2 is 2.33 bits per heavy atom. The van der Waals surface area contributed by atoms with Gasteiger partial charge in [0.2, 0.25) is 5.91 Å². The van der Waals surface area contributed by atoms with E-state index in [0.717, 1.165) is 9.35 Å². The van der Waals surface area contributed by atoms with Gasteiger partial charge in [-0.3, -0.25) is 9.59 Å². The van der Waals surface area contributed by atoms with Crippen molar-refractivity contribution in [2.24, 2.45) is 0 Å². The number of hydrogen-bond donors (Lipinski definition) is 2. The fraction of sp³-hybridized carbons (Fsp3) is 0.333. The van der Waals surface area contributed by atoms with E-state index in [4.69, 9.17) is 5.11 Å². The summed E-state index contributed by atoms with van der Waals surface area (Å²) in [5, 5.41) is 12.8. The molecule has 2 N–H and O–H groups in total. The maximum absolute atomic E-state index is 11.4. The van der Waals surface area contributed by atoms with E-state index in [0.29, 0.717) is 0 Å². The van der Waals surface area contributed by atoms with Gasteiger partial charge in [-0.15, -0.1) is 11.3 Å². The fourth-order valence-electron chi connectivity index (χ4n) is 0.959. The Kier molecular flexibility index (Phi) is 4.28. The van der Waals surface area contributed by atoms with Crippen molar-refractivity contribution in [2.75, 3.05) is 0 Å². The molecule has 1 aromatic heterocycles. The lowest BCUT2D eigenvalue weighted by Gasteiger charge is -2.07. The second kappa shape index (κ2) is 5.27. The molecule has 1 amide bonds. The summed E-state index contributed by atoms with van der Waals surface area (Å²) >= 11 is 4.74. The van der Waals surface area contributed by atoms with Crippen LogP contribution in [0, 0.1) is 0 Å². The number of rotatable bonds is 4. The van der Waals surface area contributed by atoms with Crippen LogP contribution in [0.5, 0.6) is 0 Å². The van der Waals surface area contributed by atoms with Crippen molar-refractivity contribution in [3.8, 4) is 0 Å². The minimum atomic E-state index is -1.03. The van der Waals surface area contributed by atoms with Crippen molar-refractivity contribution in [1.82, 2.24) is 5.32 Å². The lowest BCUT2D eigenvalue weighted by atomic mass is 10.3. The zero-order chi connectivity index (χ0) is 11.4. The molecular weight excluding hydrogens is 282 g/mol. The smallest absolute Gasteiger partial charge is 0.325 e.